The Hall–Kier alpha value is -2.11. The topological polar surface area (TPSA) is 54.9 Å². The number of thioether (sulfide) groups is 1. The summed E-state index contributed by atoms with van der Waals surface area (Å²) in [7, 11) is 0. The van der Waals surface area contributed by atoms with Crippen LogP contribution in [0.4, 0.5) is 0 Å². The van der Waals surface area contributed by atoms with Gasteiger partial charge in [-0.05, 0) is 37.6 Å². The first kappa shape index (κ1) is 17.7. The smallest absolute Gasteiger partial charge is 0.230 e. The summed E-state index contributed by atoms with van der Waals surface area (Å²) in [6.45, 7) is 3.80. The van der Waals surface area contributed by atoms with Gasteiger partial charge in [0.25, 0.3) is 0 Å². The van der Waals surface area contributed by atoms with E-state index >= 15 is 0 Å². The van der Waals surface area contributed by atoms with Gasteiger partial charge in [-0.3, -0.25) is 4.79 Å². The summed E-state index contributed by atoms with van der Waals surface area (Å²) in [5.41, 5.74) is 1.87. The molecule has 0 aliphatic carbocycles. The minimum absolute atomic E-state index is 0.0437. The highest BCUT2D eigenvalue weighted by atomic mass is 35.5. The number of halogens is 1. The number of para-hydroxylation sites is 1. The number of benzene rings is 2. The third kappa shape index (κ3) is 4.50. The third-order valence-electron chi connectivity index (χ3n) is 3.75. The molecule has 3 rings (SSSR count). The number of aryl methyl sites for hydroxylation is 1. The van der Waals surface area contributed by atoms with Gasteiger partial charge in [-0.25, -0.2) is 9.97 Å². The molecule has 1 aromatic heterocycles. The standard InChI is InChI=1S/C19H18ClN3OS/c1-12(14-6-5-7-15(20)10-14)21-18(24)11-25-19-16-8-3-4-9-17(16)22-13(2)23-19/h3-10,12H,11H2,1-2H3,(H,21,24)/t12-/m0/s1. The molecule has 0 aliphatic heterocycles. The quantitative estimate of drug-likeness (QED) is 0.527. The fourth-order valence-electron chi connectivity index (χ4n) is 2.54. The molecule has 128 valence electrons. The van der Waals surface area contributed by atoms with Crippen LogP contribution in [0.1, 0.15) is 24.4 Å². The third-order valence-corrected chi connectivity index (χ3v) is 4.97. The van der Waals surface area contributed by atoms with E-state index < -0.39 is 0 Å². The molecule has 1 N–H and O–H groups in total. The average Bonchev–Trinajstić information content (AvgIpc) is 2.59. The summed E-state index contributed by atoms with van der Waals surface area (Å²) in [6, 6.07) is 15.2. The van der Waals surface area contributed by atoms with E-state index in [-0.39, 0.29) is 11.9 Å². The van der Waals surface area contributed by atoms with Crippen molar-refractivity contribution >= 4 is 40.2 Å². The lowest BCUT2D eigenvalue weighted by molar-refractivity contribution is -0.119. The molecule has 0 saturated heterocycles. The van der Waals surface area contributed by atoms with Crippen molar-refractivity contribution in [3.05, 3.63) is 64.9 Å². The molecule has 1 heterocycles. The largest absolute Gasteiger partial charge is 0.349 e. The first-order valence-electron chi connectivity index (χ1n) is 7.94. The molecule has 6 heteroatoms. The van der Waals surface area contributed by atoms with Crippen molar-refractivity contribution in [1.82, 2.24) is 15.3 Å². The van der Waals surface area contributed by atoms with Crippen molar-refractivity contribution in [2.45, 2.75) is 24.9 Å². The Balaban J connectivity index is 1.67. The van der Waals surface area contributed by atoms with E-state index in [4.69, 9.17) is 11.6 Å². The second-order valence-corrected chi connectivity index (χ2v) is 7.13. The maximum atomic E-state index is 12.3. The lowest BCUT2D eigenvalue weighted by Gasteiger charge is -2.14. The molecule has 1 amide bonds. The zero-order valence-electron chi connectivity index (χ0n) is 14.0. The van der Waals surface area contributed by atoms with Crippen molar-refractivity contribution in [3.8, 4) is 0 Å². The molecule has 0 unspecified atom stereocenters. The molecule has 4 nitrogen and oxygen atoms in total. The molecule has 0 spiro atoms. The Labute approximate surface area is 156 Å². The molecular weight excluding hydrogens is 354 g/mol. The second kappa shape index (κ2) is 7.85. The fraction of sp³-hybridized carbons (Fsp3) is 0.211. The van der Waals surface area contributed by atoms with Gasteiger partial charge in [-0.2, -0.15) is 0 Å². The van der Waals surface area contributed by atoms with E-state index in [2.05, 4.69) is 15.3 Å². The summed E-state index contributed by atoms with van der Waals surface area (Å²) >= 11 is 7.43. The predicted octanol–water partition coefficient (Wildman–Crippen LogP) is 4.56. The van der Waals surface area contributed by atoms with Gasteiger partial charge < -0.3 is 5.32 Å². The van der Waals surface area contributed by atoms with E-state index in [1.807, 2.05) is 62.4 Å². The molecular formula is C19H18ClN3OS. The number of hydrogen-bond donors (Lipinski definition) is 1. The molecule has 25 heavy (non-hydrogen) atoms. The summed E-state index contributed by atoms with van der Waals surface area (Å²) in [5, 5.41) is 5.45. The van der Waals surface area contributed by atoms with Gasteiger partial charge in [0, 0.05) is 10.4 Å². The number of amides is 1. The van der Waals surface area contributed by atoms with E-state index in [1.165, 1.54) is 11.8 Å². The lowest BCUT2D eigenvalue weighted by Crippen LogP contribution is -2.28. The van der Waals surface area contributed by atoms with Crippen LogP contribution in [0.15, 0.2) is 53.6 Å². The van der Waals surface area contributed by atoms with Crippen LogP contribution in [0.2, 0.25) is 5.02 Å². The number of carbonyl (C=O) groups is 1. The summed E-state index contributed by atoms with van der Waals surface area (Å²) in [6.07, 6.45) is 0. The molecule has 0 aliphatic rings. The van der Waals surface area contributed by atoms with Crippen molar-refractivity contribution in [1.29, 1.82) is 0 Å². The van der Waals surface area contributed by atoms with E-state index in [0.29, 0.717) is 16.6 Å². The Morgan fingerprint density at radius 1 is 1.20 bits per heavy atom. The van der Waals surface area contributed by atoms with Gasteiger partial charge in [-0.1, -0.05) is 53.7 Å². The normalized spacial score (nSPS) is 12.1. The number of hydrogen-bond acceptors (Lipinski definition) is 4. The van der Waals surface area contributed by atoms with Gasteiger partial charge in [0.05, 0.1) is 17.3 Å². The molecule has 0 fully saturated rings. The first-order valence-corrected chi connectivity index (χ1v) is 9.30. The molecule has 1 atom stereocenters. The molecule has 0 bridgehead atoms. The molecule has 3 aromatic rings. The number of aromatic nitrogens is 2. The Bertz CT molecular complexity index is 916. The SMILES string of the molecule is Cc1nc(SCC(=O)N[C@@H](C)c2cccc(Cl)c2)c2ccccc2n1. The minimum Gasteiger partial charge on any atom is -0.349 e. The van der Waals surface area contributed by atoms with Crippen molar-refractivity contribution in [3.63, 3.8) is 0 Å². The summed E-state index contributed by atoms with van der Waals surface area (Å²) in [5.74, 6) is 0.956. The van der Waals surface area contributed by atoms with Crippen molar-refractivity contribution in [2.24, 2.45) is 0 Å². The Morgan fingerprint density at radius 2 is 2.00 bits per heavy atom. The van der Waals surface area contributed by atoms with Crippen LogP contribution in [-0.4, -0.2) is 21.6 Å². The van der Waals surface area contributed by atoms with E-state index in [1.54, 1.807) is 0 Å². The number of fused-ring (bicyclic) bond motifs is 1. The molecule has 0 saturated carbocycles. The Kier molecular flexibility index (Phi) is 5.56. The van der Waals surface area contributed by atoms with Crippen LogP contribution in [0, 0.1) is 6.92 Å². The average molecular weight is 372 g/mol. The predicted molar refractivity (Wildman–Crippen MR) is 103 cm³/mol. The van der Waals surface area contributed by atoms with E-state index in [9.17, 15) is 4.79 Å². The van der Waals surface area contributed by atoms with Crippen molar-refractivity contribution < 1.29 is 4.79 Å². The highest BCUT2D eigenvalue weighted by molar-refractivity contribution is 8.00. The number of carbonyl (C=O) groups excluding carboxylic acids is 1. The van der Waals surface area contributed by atoms with Crippen LogP contribution >= 0.6 is 23.4 Å². The second-order valence-electron chi connectivity index (χ2n) is 5.73. The maximum absolute atomic E-state index is 12.3. The highest BCUT2D eigenvalue weighted by Crippen LogP contribution is 2.25. The van der Waals surface area contributed by atoms with Crippen LogP contribution in [0.25, 0.3) is 10.9 Å². The first-order chi connectivity index (χ1) is 12.0. The van der Waals surface area contributed by atoms with Crippen LogP contribution in [0.3, 0.4) is 0 Å². The zero-order valence-corrected chi connectivity index (χ0v) is 15.6. The van der Waals surface area contributed by atoms with Gasteiger partial charge in [0.15, 0.2) is 0 Å². The number of nitrogens with zero attached hydrogens (tertiary/aromatic N) is 2. The highest BCUT2D eigenvalue weighted by Gasteiger charge is 2.12. The summed E-state index contributed by atoms with van der Waals surface area (Å²) in [4.78, 5) is 21.2. The monoisotopic (exact) mass is 371 g/mol. The fourth-order valence-corrected chi connectivity index (χ4v) is 3.62. The van der Waals surface area contributed by atoms with Gasteiger partial charge in [-0.15, -0.1) is 0 Å². The van der Waals surface area contributed by atoms with Gasteiger partial charge in [0.1, 0.15) is 10.9 Å². The van der Waals surface area contributed by atoms with Crippen LogP contribution in [-0.2, 0) is 4.79 Å². The molecule has 2 aromatic carbocycles. The van der Waals surface area contributed by atoms with Crippen LogP contribution < -0.4 is 5.32 Å². The lowest BCUT2D eigenvalue weighted by atomic mass is 10.1. The van der Waals surface area contributed by atoms with Crippen molar-refractivity contribution in [2.75, 3.05) is 5.75 Å². The maximum Gasteiger partial charge on any atom is 0.230 e. The van der Waals surface area contributed by atoms with Gasteiger partial charge in [0.2, 0.25) is 5.91 Å². The number of nitrogens with one attached hydrogen (secondary N) is 1. The minimum atomic E-state index is -0.101. The Morgan fingerprint density at radius 3 is 2.80 bits per heavy atom. The zero-order chi connectivity index (χ0) is 17.8. The summed E-state index contributed by atoms with van der Waals surface area (Å²) < 4.78 is 0. The van der Waals surface area contributed by atoms with Crippen LogP contribution in [0.5, 0.6) is 0 Å². The number of rotatable bonds is 5. The molecule has 0 radical (unpaired) electrons. The van der Waals surface area contributed by atoms with Gasteiger partial charge >= 0.3 is 0 Å². The van der Waals surface area contributed by atoms with E-state index in [0.717, 1.165) is 21.5 Å².